The Morgan fingerprint density at radius 3 is 2.33 bits per heavy atom. The van der Waals surface area contributed by atoms with Crippen molar-refractivity contribution in [2.45, 2.75) is 33.1 Å². The van der Waals surface area contributed by atoms with E-state index in [4.69, 9.17) is 0 Å². The SMILES string of the molecule is C[NH+](C)CCCN=CC1C(=O)CC(C)(C)CC1=O. The molecule has 0 radical (unpaired) electrons. The van der Waals surface area contributed by atoms with Gasteiger partial charge in [0.2, 0.25) is 0 Å². The molecule has 0 aromatic carbocycles. The Kier molecular flexibility index (Phi) is 5.20. The van der Waals surface area contributed by atoms with E-state index in [0.717, 1.165) is 13.0 Å². The van der Waals surface area contributed by atoms with Crippen LogP contribution in [0.5, 0.6) is 0 Å². The molecular formula is C14H25N2O2+. The predicted molar refractivity (Wildman–Crippen MR) is 72.2 cm³/mol. The molecule has 0 aliphatic heterocycles. The van der Waals surface area contributed by atoms with Crippen molar-refractivity contribution in [3.8, 4) is 0 Å². The van der Waals surface area contributed by atoms with E-state index in [1.165, 1.54) is 4.90 Å². The van der Waals surface area contributed by atoms with Gasteiger partial charge >= 0.3 is 0 Å². The molecule has 0 amide bonds. The molecule has 0 heterocycles. The molecule has 1 aliphatic carbocycles. The van der Waals surface area contributed by atoms with E-state index in [1.54, 1.807) is 6.21 Å². The molecule has 0 saturated heterocycles. The van der Waals surface area contributed by atoms with Crippen LogP contribution in [0.3, 0.4) is 0 Å². The predicted octanol–water partition coefficient (Wildman–Crippen LogP) is 0.166. The Balaban J connectivity index is 2.44. The number of carbonyl (C=O) groups excluding carboxylic acids is 2. The van der Waals surface area contributed by atoms with Crippen LogP contribution in [0.2, 0.25) is 0 Å². The number of hydrogen-bond acceptors (Lipinski definition) is 3. The molecule has 0 aromatic rings. The summed E-state index contributed by atoms with van der Waals surface area (Å²) in [4.78, 5) is 29.4. The standard InChI is InChI=1S/C14H24N2O2/c1-14(2)8-12(17)11(13(18)9-14)10-15-6-5-7-16(3)4/h10-11H,5-9H2,1-4H3/p+1. The molecule has 1 fully saturated rings. The average molecular weight is 253 g/mol. The van der Waals surface area contributed by atoms with Crippen molar-refractivity contribution in [1.82, 2.24) is 0 Å². The zero-order valence-electron chi connectivity index (χ0n) is 12.0. The number of rotatable bonds is 5. The van der Waals surface area contributed by atoms with Crippen LogP contribution in [0.25, 0.3) is 0 Å². The fourth-order valence-electron chi connectivity index (χ4n) is 2.28. The van der Waals surface area contributed by atoms with Gasteiger partial charge in [0.1, 0.15) is 17.5 Å². The third kappa shape index (κ3) is 4.69. The van der Waals surface area contributed by atoms with Gasteiger partial charge in [-0.1, -0.05) is 13.8 Å². The molecule has 0 bridgehead atoms. The fraction of sp³-hybridized carbons (Fsp3) is 0.786. The zero-order valence-corrected chi connectivity index (χ0v) is 12.0. The second-order valence-electron chi connectivity index (χ2n) is 6.29. The maximum atomic E-state index is 11.9. The molecule has 1 N–H and O–H groups in total. The van der Waals surface area contributed by atoms with Crippen LogP contribution in [0.4, 0.5) is 0 Å². The first-order valence-electron chi connectivity index (χ1n) is 6.66. The Bertz CT molecular complexity index is 326. The molecule has 18 heavy (non-hydrogen) atoms. The average Bonchev–Trinajstić information content (AvgIpc) is 2.18. The number of Topliss-reactive ketones (excluding diaryl/α,β-unsaturated/α-hetero) is 2. The van der Waals surface area contributed by atoms with E-state index in [2.05, 4.69) is 19.1 Å². The monoisotopic (exact) mass is 253 g/mol. The Morgan fingerprint density at radius 2 is 1.83 bits per heavy atom. The second kappa shape index (κ2) is 6.23. The van der Waals surface area contributed by atoms with Crippen molar-refractivity contribution in [1.29, 1.82) is 0 Å². The van der Waals surface area contributed by atoms with Crippen molar-refractivity contribution < 1.29 is 14.5 Å². The van der Waals surface area contributed by atoms with Crippen molar-refractivity contribution in [3.05, 3.63) is 0 Å². The van der Waals surface area contributed by atoms with Crippen LogP contribution in [0.1, 0.15) is 33.1 Å². The van der Waals surface area contributed by atoms with Gasteiger partial charge in [0.05, 0.1) is 20.6 Å². The minimum atomic E-state index is -0.579. The van der Waals surface area contributed by atoms with Gasteiger partial charge in [0, 0.05) is 32.0 Å². The lowest BCUT2D eigenvalue weighted by molar-refractivity contribution is -0.858. The number of quaternary nitrogens is 1. The Hall–Kier alpha value is -1.03. The summed E-state index contributed by atoms with van der Waals surface area (Å²) in [6, 6.07) is 0. The first-order chi connectivity index (χ1) is 8.32. The highest BCUT2D eigenvalue weighted by Crippen LogP contribution is 2.33. The largest absolute Gasteiger partial charge is 0.340 e. The third-order valence-electron chi connectivity index (χ3n) is 3.22. The molecule has 1 saturated carbocycles. The van der Waals surface area contributed by atoms with E-state index in [1.807, 2.05) is 13.8 Å². The summed E-state index contributed by atoms with van der Waals surface area (Å²) in [7, 11) is 4.19. The van der Waals surface area contributed by atoms with Crippen LogP contribution in [-0.2, 0) is 9.59 Å². The van der Waals surface area contributed by atoms with Gasteiger partial charge in [-0.15, -0.1) is 0 Å². The summed E-state index contributed by atoms with van der Waals surface area (Å²) in [6.07, 6.45) is 3.53. The van der Waals surface area contributed by atoms with Gasteiger partial charge in [-0.3, -0.25) is 14.6 Å². The molecule has 1 aliphatic rings. The highest BCUT2D eigenvalue weighted by molar-refractivity contribution is 6.16. The lowest BCUT2D eigenvalue weighted by Crippen LogP contribution is -3.05. The van der Waals surface area contributed by atoms with E-state index < -0.39 is 5.92 Å². The second-order valence-corrected chi connectivity index (χ2v) is 6.29. The normalized spacial score (nSPS) is 21.2. The topological polar surface area (TPSA) is 50.9 Å². The maximum Gasteiger partial charge on any atom is 0.149 e. The number of nitrogens with zero attached hydrogens (tertiary/aromatic N) is 1. The molecule has 4 heteroatoms. The van der Waals surface area contributed by atoms with Crippen LogP contribution < -0.4 is 4.90 Å². The van der Waals surface area contributed by atoms with E-state index in [-0.39, 0.29) is 17.0 Å². The smallest absolute Gasteiger partial charge is 0.149 e. The lowest BCUT2D eigenvalue weighted by Gasteiger charge is -2.30. The summed E-state index contributed by atoms with van der Waals surface area (Å²) >= 11 is 0. The molecule has 0 atom stereocenters. The zero-order chi connectivity index (χ0) is 13.8. The van der Waals surface area contributed by atoms with Crippen LogP contribution >= 0.6 is 0 Å². The van der Waals surface area contributed by atoms with Crippen LogP contribution in [0.15, 0.2) is 4.99 Å². The number of nitrogens with one attached hydrogen (secondary N) is 1. The summed E-state index contributed by atoms with van der Waals surface area (Å²) in [5.41, 5.74) is -0.174. The van der Waals surface area contributed by atoms with Crippen molar-refractivity contribution in [2.24, 2.45) is 16.3 Å². The first kappa shape index (κ1) is 15.0. The number of carbonyl (C=O) groups is 2. The van der Waals surface area contributed by atoms with Gasteiger partial charge in [0.25, 0.3) is 0 Å². The van der Waals surface area contributed by atoms with Gasteiger partial charge in [-0.05, 0) is 5.41 Å². The molecule has 0 aromatic heterocycles. The lowest BCUT2D eigenvalue weighted by atomic mass is 9.72. The highest BCUT2D eigenvalue weighted by atomic mass is 16.2. The molecule has 0 spiro atoms. The molecule has 1 rings (SSSR count). The van der Waals surface area contributed by atoms with E-state index >= 15 is 0 Å². The van der Waals surface area contributed by atoms with Crippen molar-refractivity contribution >= 4 is 17.8 Å². The Labute approximate surface area is 109 Å². The van der Waals surface area contributed by atoms with Gasteiger partial charge in [0.15, 0.2) is 0 Å². The summed E-state index contributed by atoms with van der Waals surface area (Å²) < 4.78 is 0. The fourth-order valence-corrected chi connectivity index (χ4v) is 2.28. The summed E-state index contributed by atoms with van der Waals surface area (Å²) in [5.74, 6) is -0.527. The van der Waals surface area contributed by atoms with Gasteiger partial charge < -0.3 is 4.90 Å². The molecule has 4 nitrogen and oxygen atoms in total. The highest BCUT2D eigenvalue weighted by Gasteiger charge is 2.38. The van der Waals surface area contributed by atoms with Crippen LogP contribution in [0, 0.1) is 11.3 Å². The number of aliphatic imine (C=N–C) groups is 1. The van der Waals surface area contributed by atoms with Gasteiger partial charge in [-0.2, -0.15) is 0 Å². The molecular weight excluding hydrogens is 228 g/mol. The van der Waals surface area contributed by atoms with Gasteiger partial charge in [-0.25, -0.2) is 0 Å². The molecule has 0 unspecified atom stereocenters. The quantitative estimate of drug-likeness (QED) is 0.431. The minimum Gasteiger partial charge on any atom is -0.340 e. The van der Waals surface area contributed by atoms with E-state index in [0.29, 0.717) is 19.4 Å². The molecule has 102 valence electrons. The van der Waals surface area contributed by atoms with Crippen LogP contribution in [-0.4, -0.2) is 45.0 Å². The summed E-state index contributed by atoms with van der Waals surface area (Å²) in [6.45, 7) is 5.69. The van der Waals surface area contributed by atoms with Crippen molar-refractivity contribution in [3.63, 3.8) is 0 Å². The minimum absolute atomic E-state index is 0.0261. The maximum absolute atomic E-state index is 11.9. The third-order valence-corrected chi connectivity index (χ3v) is 3.22. The van der Waals surface area contributed by atoms with Crippen molar-refractivity contribution in [2.75, 3.05) is 27.2 Å². The summed E-state index contributed by atoms with van der Waals surface area (Å²) in [5, 5.41) is 0. The number of ketones is 2. The van der Waals surface area contributed by atoms with E-state index in [9.17, 15) is 9.59 Å². The number of hydrogen-bond donors (Lipinski definition) is 1. The Morgan fingerprint density at radius 1 is 1.28 bits per heavy atom. The first-order valence-corrected chi connectivity index (χ1v) is 6.66.